The van der Waals surface area contributed by atoms with E-state index in [1.165, 1.54) is 18.0 Å². The molecule has 194 valence electrons. The van der Waals surface area contributed by atoms with Crippen LogP contribution in [0.2, 0.25) is 0 Å². The number of esters is 1. The zero-order valence-corrected chi connectivity index (χ0v) is 21.2. The lowest BCUT2D eigenvalue weighted by molar-refractivity contribution is -0.144. The highest BCUT2D eigenvalue weighted by Gasteiger charge is 2.34. The van der Waals surface area contributed by atoms with Gasteiger partial charge >= 0.3 is 12.1 Å². The molecular formula is C25H30F3N5O2S. The monoisotopic (exact) mass is 521 g/mol. The molecule has 4 rings (SSSR count). The third-order valence-corrected chi connectivity index (χ3v) is 7.17. The summed E-state index contributed by atoms with van der Waals surface area (Å²) < 4.78 is 47.1. The first-order valence-corrected chi connectivity index (χ1v) is 13.3. The summed E-state index contributed by atoms with van der Waals surface area (Å²) in [6.07, 6.45) is 6.78. The maximum absolute atomic E-state index is 13.2. The van der Waals surface area contributed by atoms with Gasteiger partial charge in [-0.05, 0) is 31.2 Å². The Morgan fingerprint density at radius 1 is 1.28 bits per heavy atom. The van der Waals surface area contributed by atoms with Crippen LogP contribution < -0.4 is 0 Å². The van der Waals surface area contributed by atoms with E-state index in [0.717, 1.165) is 50.1 Å². The molecule has 1 atom stereocenters. The van der Waals surface area contributed by atoms with Crippen molar-refractivity contribution >= 4 is 28.8 Å². The number of aromatic nitrogens is 5. The van der Waals surface area contributed by atoms with Gasteiger partial charge in [-0.2, -0.15) is 18.3 Å². The number of fused-ring (bicyclic) bond motifs is 1. The molecule has 0 saturated heterocycles. The third kappa shape index (κ3) is 6.54. The number of nitrogens with zero attached hydrogens (tertiary/aromatic N) is 5. The normalized spacial score (nSPS) is 14.8. The van der Waals surface area contributed by atoms with E-state index in [2.05, 4.69) is 34.0 Å². The fourth-order valence-corrected chi connectivity index (χ4v) is 4.75. The van der Waals surface area contributed by atoms with Gasteiger partial charge in [0.05, 0.1) is 30.9 Å². The van der Waals surface area contributed by atoms with Crippen molar-refractivity contribution in [3.63, 3.8) is 0 Å². The van der Waals surface area contributed by atoms with Gasteiger partial charge in [0.2, 0.25) is 0 Å². The van der Waals surface area contributed by atoms with E-state index in [1.54, 1.807) is 6.20 Å². The number of rotatable bonds is 12. The summed E-state index contributed by atoms with van der Waals surface area (Å²) in [4.78, 5) is 21.3. The summed E-state index contributed by atoms with van der Waals surface area (Å²) in [5.41, 5.74) is 1.13. The lowest BCUT2D eigenvalue weighted by Crippen LogP contribution is -2.14. The van der Waals surface area contributed by atoms with E-state index in [9.17, 15) is 18.0 Å². The first-order valence-electron chi connectivity index (χ1n) is 12.4. The maximum atomic E-state index is 13.2. The third-order valence-electron chi connectivity index (χ3n) is 6.31. The van der Waals surface area contributed by atoms with Gasteiger partial charge in [0.1, 0.15) is 5.52 Å². The first-order chi connectivity index (χ1) is 17.3. The van der Waals surface area contributed by atoms with Crippen molar-refractivity contribution in [2.75, 3.05) is 12.4 Å². The number of carbonyl (C=O) groups is 1. The van der Waals surface area contributed by atoms with Gasteiger partial charge in [-0.3, -0.25) is 4.79 Å². The molecule has 0 bridgehead atoms. The van der Waals surface area contributed by atoms with Gasteiger partial charge in [-0.25, -0.2) is 9.97 Å². The largest absolute Gasteiger partial charge is 0.465 e. The van der Waals surface area contributed by atoms with E-state index in [4.69, 9.17) is 4.74 Å². The van der Waals surface area contributed by atoms with Crippen molar-refractivity contribution in [3.8, 4) is 11.1 Å². The lowest BCUT2D eigenvalue weighted by atomic mass is 10.0. The Morgan fingerprint density at radius 3 is 2.78 bits per heavy atom. The molecule has 0 aliphatic heterocycles. The Bertz CT molecular complexity index is 1200. The molecule has 11 heteroatoms. The van der Waals surface area contributed by atoms with E-state index >= 15 is 0 Å². The minimum absolute atomic E-state index is 0.232. The molecule has 1 fully saturated rings. The van der Waals surface area contributed by atoms with E-state index < -0.39 is 11.9 Å². The van der Waals surface area contributed by atoms with Crippen LogP contribution in [0.4, 0.5) is 13.2 Å². The highest BCUT2D eigenvalue weighted by molar-refractivity contribution is 7.99. The molecule has 0 amide bonds. The number of halogens is 3. The molecule has 1 aliphatic rings. The topological polar surface area (TPSA) is 82.8 Å². The number of alkyl halides is 3. The number of unbranched alkanes of at least 4 members (excludes halogenated alkanes) is 1. The summed E-state index contributed by atoms with van der Waals surface area (Å²) >= 11 is 1.32. The fourth-order valence-electron chi connectivity index (χ4n) is 4.01. The predicted molar refractivity (Wildman–Crippen MR) is 131 cm³/mol. The Kier molecular flexibility index (Phi) is 8.48. The zero-order chi connectivity index (χ0) is 25.7. The van der Waals surface area contributed by atoms with Crippen LogP contribution in [0, 0.1) is 5.92 Å². The Labute approximate surface area is 212 Å². The molecule has 0 spiro atoms. The predicted octanol–water partition coefficient (Wildman–Crippen LogP) is 6.48. The summed E-state index contributed by atoms with van der Waals surface area (Å²) in [5.74, 6) is 0.590. The molecule has 7 nitrogen and oxygen atoms in total. The number of hydrogen-bond acceptors (Lipinski definition) is 7. The van der Waals surface area contributed by atoms with Crippen LogP contribution in [0.1, 0.15) is 70.5 Å². The summed E-state index contributed by atoms with van der Waals surface area (Å²) in [7, 11) is 0. The van der Waals surface area contributed by atoms with Crippen LogP contribution in [-0.4, -0.2) is 43.1 Å². The van der Waals surface area contributed by atoms with E-state index in [0.29, 0.717) is 46.1 Å². The second-order valence-corrected chi connectivity index (χ2v) is 10.2. The molecule has 0 radical (unpaired) electrons. The number of ether oxygens (including phenoxy) is 1. The number of hydrogen-bond donors (Lipinski definition) is 0. The van der Waals surface area contributed by atoms with Gasteiger partial charge in [0, 0.05) is 29.1 Å². The van der Waals surface area contributed by atoms with Crippen molar-refractivity contribution in [2.24, 2.45) is 5.92 Å². The molecule has 36 heavy (non-hydrogen) atoms. The molecule has 1 aliphatic carbocycles. The maximum Gasteiger partial charge on any atom is 0.435 e. The van der Waals surface area contributed by atoms with Gasteiger partial charge in [-0.15, -0.1) is 5.10 Å². The molecule has 3 heterocycles. The van der Waals surface area contributed by atoms with Crippen molar-refractivity contribution in [1.82, 2.24) is 24.7 Å². The Morgan fingerprint density at radius 2 is 2.08 bits per heavy atom. The quantitative estimate of drug-likeness (QED) is 0.153. The zero-order valence-electron chi connectivity index (χ0n) is 20.4. The molecule has 3 aromatic rings. The van der Waals surface area contributed by atoms with Crippen molar-refractivity contribution < 1.29 is 22.7 Å². The van der Waals surface area contributed by atoms with E-state index in [1.807, 2.05) is 10.8 Å². The molecule has 1 saturated carbocycles. The van der Waals surface area contributed by atoms with Crippen molar-refractivity contribution in [2.45, 2.75) is 76.2 Å². The van der Waals surface area contributed by atoms with Crippen LogP contribution in [-0.2, 0) is 15.7 Å². The summed E-state index contributed by atoms with van der Waals surface area (Å²) in [6, 6.07) is 1.29. The molecule has 0 aromatic carbocycles. The van der Waals surface area contributed by atoms with Gasteiger partial charge in [0.25, 0.3) is 0 Å². The second kappa shape index (κ2) is 11.6. The average Bonchev–Trinajstić information content (AvgIpc) is 3.64. The highest BCUT2D eigenvalue weighted by Crippen LogP contribution is 2.41. The minimum Gasteiger partial charge on any atom is -0.465 e. The van der Waals surface area contributed by atoms with Gasteiger partial charge in [0.15, 0.2) is 10.9 Å². The SMILES string of the molecule is CCCCC(CC)COC(=O)CCSc1ncc2c(n1)c(-c1cnnc(C(F)(F)F)c1)cn2C1CC1. The number of carbonyl (C=O) groups excluding carboxylic acids is 1. The van der Waals surface area contributed by atoms with Crippen molar-refractivity contribution in [1.29, 1.82) is 0 Å². The Hall–Kier alpha value is -2.69. The first kappa shape index (κ1) is 26.4. The summed E-state index contributed by atoms with van der Waals surface area (Å²) in [5, 5.41) is 7.25. The second-order valence-electron chi connectivity index (χ2n) is 9.09. The highest BCUT2D eigenvalue weighted by atomic mass is 32.2. The van der Waals surface area contributed by atoms with Crippen LogP contribution >= 0.6 is 11.8 Å². The standard InChI is InChI=1S/C25H30F3N5O2S/c1-3-5-6-16(4-2)15-35-22(34)9-10-36-24-29-13-20-23(31-24)19(14-33(20)18-7-8-18)17-11-21(25(26,27)28)32-30-12-17/h11-14,16,18H,3-10,15H2,1-2H3. The smallest absolute Gasteiger partial charge is 0.435 e. The lowest BCUT2D eigenvalue weighted by Gasteiger charge is -2.14. The van der Waals surface area contributed by atoms with Crippen LogP contribution in [0.5, 0.6) is 0 Å². The van der Waals surface area contributed by atoms with Gasteiger partial charge < -0.3 is 9.30 Å². The van der Waals surface area contributed by atoms with Crippen LogP contribution in [0.15, 0.2) is 29.8 Å². The molecular weight excluding hydrogens is 491 g/mol. The minimum atomic E-state index is -4.59. The number of thioether (sulfide) groups is 1. The molecule has 0 N–H and O–H groups in total. The van der Waals surface area contributed by atoms with Crippen molar-refractivity contribution in [3.05, 3.63) is 30.4 Å². The van der Waals surface area contributed by atoms with Gasteiger partial charge in [-0.1, -0.05) is 44.9 Å². The fraction of sp³-hybridized carbons (Fsp3) is 0.560. The molecule has 1 unspecified atom stereocenters. The van der Waals surface area contributed by atoms with Crippen LogP contribution in [0.3, 0.4) is 0 Å². The van der Waals surface area contributed by atoms with E-state index in [-0.39, 0.29) is 12.4 Å². The average molecular weight is 522 g/mol. The summed E-state index contributed by atoms with van der Waals surface area (Å²) in [6.45, 7) is 4.70. The Balaban J connectivity index is 1.46. The van der Waals surface area contributed by atoms with Crippen LogP contribution in [0.25, 0.3) is 22.2 Å². The molecule has 3 aromatic heterocycles.